The fourth-order valence-electron chi connectivity index (χ4n) is 3.07. The van der Waals surface area contributed by atoms with Crippen LogP contribution in [0.5, 0.6) is 0 Å². The van der Waals surface area contributed by atoms with Crippen LogP contribution in [0, 0.1) is 5.92 Å². The summed E-state index contributed by atoms with van der Waals surface area (Å²) in [5.74, 6) is 2.69. The molecule has 6 nitrogen and oxygen atoms in total. The minimum atomic E-state index is -0.295. The first-order valence-corrected chi connectivity index (χ1v) is 8.41. The Kier molecular flexibility index (Phi) is 3.87. The summed E-state index contributed by atoms with van der Waals surface area (Å²) in [6.45, 7) is 2.47. The van der Waals surface area contributed by atoms with Crippen LogP contribution in [-0.4, -0.2) is 15.5 Å². The molecule has 1 aliphatic carbocycles. The number of fused-ring (bicyclic) bond motifs is 1. The monoisotopic (exact) mass is 337 g/mol. The van der Waals surface area contributed by atoms with E-state index in [1.54, 1.807) is 6.07 Å². The molecule has 0 saturated heterocycles. The highest BCUT2D eigenvalue weighted by atomic mass is 16.3. The Morgan fingerprint density at radius 1 is 1.32 bits per heavy atom. The number of carbonyl (C=O) groups excluding carboxylic acids is 1. The van der Waals surface area contributed by atoms with Crippen LogP contribution in [0.3, 0.4) is 0 Å². The maximum Gasteiger partial charge on any atom is 0.269 e. The fraction of sp³-hybridized carbons (Fsp3) is 0.316. The van der Waals surface area contributed by atoms with Gasteiger partial charge in [-0.05, 0) is 36.6 Å². The van der Waals surface area contributed by atoms with Gasteiger partial charge in [-0.2, -0.15) is 0 Å². The zero-order valence-electron chi connectivity index (χ0n) is 13.9. The van der Waals surface area contributed by atoms with Gasteiger partial charge in [0, 0.05) is 5.92 Å². The van der Waals surface area contributed by atoms with E-state index < -0.39 is 0 Å². The normalized spacial score (nSPS) is 19.1. The van der Waals surface area contributed by atoms with Crippen molar-refractivity contribution in [3.63, 3.8) is 0 Å². The van der Waals surface area contributed by atoms with Crippen molar-refractivity contribution in [1.29, 1.82) is 0 Å². The molecule has 0 aliphatic heterocycles. The molecule has 1 aromatic carbocycles. The Bertz CT molecular complexity index is 989. The average Bonchev–Trinajstić information content (AvgIpc) is 3.16. The molecule has 0 bridgehead atoms. The van der Waals surface area contributed by atoms with Crippen molar-refractivity contribution in [2.24, 2.45) is 5.92 Å². The Hall–Kier alpha value is -2.89. The largest absolute Gasteiger partial charge is 0.464 e. The summed E-state index contributed by atoms with van der Waals surface area (Å²) >= 11 is 0. The van der Waals surface area contributed by atoms with Crippen molar-refractivity contribution in [3.8, 4) is 0 Å². The molecule has 2 atom stereocenters. The van der Waals surface area contributed by atoms with E-state index in [1.165, 1.54) is 10.8 Å². The molecular weight excluding hydrogens is 318 g/mol. The topological polar surface area (TPSA) is 77.1 Å². The van der Waals surface area contributed by atoms with Crippen LogP contribution in [0.25, 0.3) is 11.0 Å². The molecular formula is C19H19N3O3. The molecule has 1 amide bonds. The zero-order chi connectivity index (χ0) is 17.4. The number of para-hydroxylation sites is 2. The number of rotatable bonds is 5. The van der Waals surface area contributed by atoms with E-state index in [9.17, 15) is 9.59 Å². The van der Waals surface area contributed by atoms with E-state index in [-0.39, 0.29) is 18.0 Å². The first-order valence-electron chi connectivity index (χ1n) is 8.41. The SMILES string of the molecule is C[C@@H]1C[C@H]1c1ccc(CNC(=O)Cn2c(=O)cnc3ccccc32)o1. The molecule has 128 valence electrons. The van der Waals surface area contributed by atoms with Gasteiger partial charge in [-0.1, -0.05) is 19.1 Å². The van der Waals surface area contributed by atoms with E-state index in [2.05, 4.69) is 17.2 Å². The number of benzene rings is 1. The van der Waals surface area contributed by atoms with E-state index in [0.717, 1.165) is 17.9 Å². The third kappa shape index (κ3) is 3.20. The second-order valence-electron chi connectivity index (χ2n) is 6.57. The molecule has 1 saturated carbocycles. The summed E-state index contributed by atoms with van der Waals surface area (Å²) < 4.78 is 7.21. The molecule has 1 fully saturated rings. The second-order valence-corrected chi connectivity index (χ2v) is 6.57. The number of hydrogen-bond donors (Lipinski definition) is 1. The number of nitrogens with one attached hydrogen (secondary N) is 1. The summed E-state index contributed by atoms with van der Waals surface area (Å²) in [6.07, 6.45) is 2.41. The lowest BCUT2D eigenvalue weighted by molar-refractivity contribution is -0.121. The van der Waals surface area contributed by atoms with Crippen LogP contribution >= 0.6 is 0 Å². The lowest BCUT2D eigenvalue weighted by Crippen LogP contribution is -2.32. The highest BCUT2D eigenvalue weighted by Gasteiger charge is 2.36. The predicted molar refractivity (Wildman–Crippen MR) is 93.1 cm³/mol. The van der Waals surface area contributed by atoms with Crippen LogP contribution in [0.4, 0.5) is 0 Å². The smallest absolute Gasteiger partial charge is 0.269 e. The number of carbonyl (C=O) groups is 1. The predicted octanol–water partition coefficient (Wildman–Crippen LogP) is 2.43. The number of aromatic nitrogens is 2. The van der Waals surface area contributed by atoms with Gasteiger partial charge < -0.3 is 9.73 Å². The van der Waals surface area contributed by atoms with Crippen molar-refractivity contribution >= 4 is 16.9 Å². The van der Waals surface area contributed by atoms with Crippen LogP contribution < -0.4 is 10.9 Å². The number of furan rings is 1. The van der Waals surface area contributed by atoms with Crippen molar-refractivity contribution in [1.82, 2.24) is 14.9 Å². The third-order valence-corrected chi connectivity index (χ3v) is 4.67. The summed E-state index contributed by atoms with van der Waals surface area (Å²) in [4.78, 5) is 28.4. The van der Waals surface area contributed by atoms with Gasteiger partial charge in [-0.15, -0.1) is 0 Å². The molecule has 1 N–H and O–H groups in total. The Morgan fingerprint density at radius 2 is 2.12 bits per heavy atom. The van der Waals surface area contributed by atoms with E-state index >= 15 is 0 Å². The van der Waals surface area contributed by atoms with Crippen molar-refractivity contribution in [2.75, 3.05) is 0 Å². The lowest BCUT2D eigenvalue weighted by atomic mass is 10.3. The third-order valence-electron chi connectivity index (χ3n) is 4.67. The summed E-state index contributed by atoms with van der Waals surface area (Å²) in [5, 5.41) is 2.81. The van der Waals surface area contributed by atoms with Crippen LogP contribution in [0.1, 0.15) is 30.8 Å². The Morgan fingerprint density at radius 3 is 2.92 bits per heavy atom. The molecule has 6 heteroatoms. The fourth-order valence-corrected chi connectivity index (χ4v) is 3.07. The molecule has 2 heterocycles. The molecule has 3 aromatic rings. The molecule has 0 radical (unpaired) electrons. The minimum absolute atomic E-state index is 0.0465. The Balaban J connectivity index is 1.43. The van der Waals surface area contributed by atoms with Crippen molar-refractivity contribution < 1.29 is 9.21 Å². The second kappa shape index (κ2) is 6.20. The van der Waals surface area contributed by atoms with Gasteiger partial charge >= 0.3 is 0 Å². The molecule has 1 aliphatic rings. The van der Waals surface area contributed by atoms with Crippen LogP contribution in [0.15, 0.2) is 51.8 Å². The van der Waals surface area contributed by atoms with Crippen molar-refractivity contribution in [3.05, 3.63) is 64.5 Å². The number of hydrogen-bond acceptors (Lipinski definition) is 4. The summed E-state index contributed by atoms with van der Waals surface area (Å²) in [7, 11) is 0. The first-order chi connectivity index (χ1) is 12.1. The highest BCUT2D eigenvalue weighted by molar-refractivity contribution is 5.79. The lowest BCUT2D eigenvalue weighted by Gasteiger charge is -2.09. The molecule has 0 unspecified atom stereocenters. The summed E-state index contributed by atoms with van der Waals surface area (Å²) in [5.41, 5.74) is 1.04. The maximum absolute atomic E-state index is 12.3. The molecule has 4 rings (SSSR count). The Labute approximate surface area is 144 Å². The maximum atomic E-state index is 12.3. The minimum Gasteiger partial charge on any atom is -0.464 e. The van der Waals surface area contributed by atoms with Gasteiger partial charge in [-0.3, -0.25) is 14.2 Å². The average molecular weight is 337 g/mol. The van der Waals surface area contributed by atoms with Gasteiger partial charge in [0.1, 0.15) is 18.1 Å². The van der Waals surface area contributed by atoms with Crippen LogP contribution in [0.2, 0.25) is 0 Å². The van der Waals surface area contributed by atoms with Gasteiger partial charge in [0.05, 0.1) is 23.8 Å². The highest BCUT2D eigenvalue weighted by Crippen LogP contribution is 2.47. The molecule has 2 aromatic heterocycles. The van der Waals surface area contributed by atoms with Gasteiger partial charge in [-0.25, -0.2) is 4.98 Å². The molecule has 25 heavy (non-hydrogen) atoms. The van der Waals surface area contributed by atoms with Gasteiger partial charge in [0.25, 0.3) is 5.56 Å². The summed E-state index contributed by atoms with van der Waals surface area (Å²) in [6, 6.07) is 11.1. The van der Waals surface area contributed by atoms with E-state index in [1.807, 2.05) is 30.3 Å². The zero-order valence-corrected chi connectivity index (χ0v) is 13.9. The van der Waals surface area contributed by atoms with Crippen LogP contribution in [-0.2, 0) is 17.9 Å². The number of nitrogens with zero attached hydrogens (tertiary/aromatic N) is 2. The molecule has 0 spiro atoms. The van der Waals surface area contributed by atoms with Crippen molar-refractivity contribution in [2.45, 2.75) is 32.4 Å². The number of amides is 1. The van der Waals surface area contributed by atoms with E-state index in [0.29, 0.717) is 29.4 Å². The van der Waals surface area contributed by atoms with E-state index in [4.69, 9.17) is 4.42 Å². The van der Waals surface area contributed by atoms with Gasteiger partial charge in [0.2, 0.25) is 5.91 Å². The first kappa shape index (κ1) is 15.6. The standard InChI is InChI=1S/C19H19N3O3/c1-12-8-14(12)17-7-6-13(25-17)9-21-18(23)11-22-16-5-3-2-4-15(16)20-10-19(22)24/h2-7,10,12,14H,8-9,11H2,1H3,(H,21,23)/t12-,14-/m1/s1. The van der Waals surface area contributed by atoms with Gasteiger partial charge in [0.15, 0.2) is 0 Å². The quantitative estimate of drug-likeness (QED) is 0.776.